The summed E-state index contributed by atoms with van der Waals surface area (Å²) >= 11 is 0. The van der Waals surface area contributed by atoms with Crippen LogP contribution in [0.25, 0.3) is 0 Å². The Balaban J connectivity index is 1.81. The van der Waals surface area contributed by atoms with Crippen LogP contribution in [0.1, 0.15) is 39.5 Å². The molecule has 4 unspecified atom stereocenters. The Morgan fingerprint density at radius 3 is 2.89 bits per heavy atom. The van der Waals surface area contributed by atoms with Crippen LogP contribution in [0.4, 0.5) is 0 Å². The van der Waals surface area contributed by atoms with E-state index in [1.165, 1.54) is 25.7 Å². The molecule has 0 aromatic carbocycles. The van der Waals surface area contributed by atoms with Crippen LogP contribution in [0.2, 0.25) is 0 Å². The minimum Gasteiger partial charge on any atom is -0.379 e. The molecule has 1 amide bonds. The fraction of sp³-hybridized carbons (Fsp3) is 0.929. The summed E-state index contributed by atoms with van der Waals surface area (Å²) in [7, 11) is 0. The summed E-state index contributed by atoms with van der Waals surface area (Å²) in [5.74, 6) is 1.50. The topological polar surface area (TPSA) is 64.3 Å². The van der Waals surface area contributed by atoms with Crippen molar-refractivity contribution in [2.75, 3.05) is 19.8 Å². The maximum Gasteiger partial charge on any atom is 0.229 e. The van der Waals surface area contributed by atoms with Gasteiger partial charge in [0.05, 0.1) is 18.6 Å². The number of nitrogens with two attached hydrogens (primary N) is 1. The van der Waals surface area contributed by atoms with Crippen LogP contribution in [0, 0.1) is 17.3 Å². The molecule has 1 saturated carbocycles. The third-order valence-corrected chi connectivity index (χ3v) is 4.63. The summed E-state index contributed by atoms with van der Waals surface area (Å²) in [6.45, 7) is 5.94. The number of nitrogens with one attached hydrogen (secondary N) is 1. The van der Waals surface area contributed by atoms with Crippen molar-refractivity contribution < 1.29 is 9.53 Å². The predicted octanol–water partition coefficient (Wildman–Crippen LogP) is 1.29. The molecule has 0 aromatic heterocycles. The zero-order valence-electron chi connectivity index (χ0n) is 11.6. The summed E-state index contributed by atoms with van der Waals surface area (Å²) < 4.78 is 5.32. The smallest absolute Gasteiger partial charge is 0.229 e. The van der Waals surface area contributed by atoms with E-state index in [-0.39, 0.29) is 11.9 Å². The molecule has 4 atom stereocenters. The zero-order chi connectivity index (χ0) is 13.2. The highest BCUT2D eigenvalue weighted by atomic mass is 16.5. The van der Waals surface area contributed by atoms with Crippen molar-refractivity contribution in [2.24, 2.45) is 23.0 Å². The molecule has 104 valence electrons. The Bertz CT molecular complexity index is 308. The highest BCUT2D eigenvalue weighted by Crippen LogP contribution is 2.29. The molecule has 0 spiro atoms. The van der Waals surface area contributed by atoms with Gasteiger partial charge in [-0.05, 0) is 31.6 Å². The van der Waals surface area contributed by atoms with E-state index in [4.69, 9.17) is 10.5 Å². The maximum atomic E-state index is 12.2. The Labute approximate surface area is 110 Å². The third-order valence-electron chi connectivity index (χ3n) is 4.63. The number of hydrogen-bond donors (Lipinski definition) is 2. The van der Waals surface area contributed by atoms with Crippen LogP contribution in [0.3, 0.4) is 0 Å². The minimum absolute atomic E-state index is 0.0609. The van der Waals surface area contributed by atoms with Crippen molar-refractivity contribution in [3.05, 3.63) is 0 Å². The lowest BCUT2D eigenvalue weighted by Gasteiger charge is -2.30. The van der Waals surface area contributed by atoms with E-state index in [0.717, 1.165) is 12.5 Å². The second-order valence-electron chi connectivity index (χ2n) is 6.39. The van der Waals surface area contributed by atoms with Gasteiger partial charge in [0.1, 0.15) is 0 Å². The largest absolute Gasteiger partial charge is 0.379 e. The van der Waals surface area contributed by atoms with Crippen LogP contribution in [-0.2, 0) is 9.53 Å². The van der Waals surface area contributed by atoms with E-state index in [2.05, 4.69) is 12.2 Å². The first-order chi connectivity index (χ1) is 8.52. The summed E-state index contributed by atoms with van der Waals surface area (Å²) in [5, 5.41) is 3.09. The van der Waals surface area contributed by atoms with Gasteiger partial charge in [-0.2, -0.15) is 0 Å². The molecule has 2 aliphatic rings. The lowest BCUT2D eigenvalue weighted by Crippen LogP contribution is -2.50. The standard InChI is InChI=1S/C14H26N2O2/c1-10-4-3-5-11(6-10)7-16-13(17)14(2)9-18-8-12(14)15/h10-12H,3-9,15H2,1-2H3,(H,16,17). The SMILES string of the molecule is CC1CCCC(CNC(=O)C2(C)COCC2N)C1. The van der Waals surface area contributed by atoms with Crippen molar-refractivity contribution in [3.8, 4) is 0 Å². The van der Waals surface area contributed by atoms with Crippen molar-refractivity contribution >= 4 is 5.91 Å². The van der Waals surface area contributed by atoms with Gasteiger partial charge in [-0.15, -0.1) is 0 Å². The fourth-order valence-corrected chi connectivity index (χ4v) is 3.11. The quantitative estimate of drug-likeness (QED) is 0.797. The van der Waals surface area contributed by atoms with Gasteiger partial charge in [-0.3, -0.25) is 4.79 Å². The molecule has 0 bridgehead atoms. The van der Waals surface area contributed by atoms with Crippen LogP contribution in [0.5, 0.6) is 0 Å². The van der Waals surface area contributed by atoms with Crippen LogP contribution < -0.4 is 11.1 Å². The van der Waals surface area contributed by atoms with Gasteiger partial charge in [-0.25, -0.2) is 0 Å². The number of carbonyl (C=O) groups is 1. The maximum absolute atomic E-state index is 12.2. The van der Waals surface area contributed by atoms with Gasteiger partial charge < -0.3 is 15.8 Å². The van der Waals surface area contributed by atoms with Gasteiger partial charge >= 0.3 is 0 Å². The molecule has 4 heteroatoms. The Hall–Kier alpha value is -0.610. The van der Waals surface area contributed by atoms with E-state index in [1.807, 2.05) is 6.92 Å². The number of amides is 1. The molecule has 1 aliphatic heterocycles. The van der Waals surface area contributed by atoms with E-state index in [0.29, 0.717) is 19.1 Å². The molecule has 4 nitrogen and oxygen atoms in total. The van der Waals surface area contributed by atoms with Gasteiger partial charge in [0.15, 0.2) is 0 Å². The highest BCUT2D eigenvalue weighted by molar-refractivity contribution is 5.83. The van der Waals surface area contributed by atoms with E-state index in [9.17, 15) is 4.79 Å². The lowest BCUT2D eigenvalue weighted by molar-refractivity contribution is -0.130. The fourth-order valence-electron chi connectivity index (χ4n) is 3.11. The lowest BCUT2D eigenvalue weighted by atomic mass is 9.81. The minimum atomic E-state index is -0.541. The molecule has 0 aromatic rings. The van der Waals surface area contributed by atoms with Gasteiger partial charge in [-0.1, -0.05) is 19.8 Å². The Kier molecular flexibility index (Phi) is 4.28. The second-order valence-corrected chi connectivity index (χ2v) is 6.39. The monoisotopic (exact) mass is 254 g/mol. The van der Waals surface area contributed by atoms with E-state index in [1.54, 1.807) is 0 Å². The molecule has 2 rings (SSSR count). The van der Waals surface area contributed by atoms with E-state index >= 15 is 0 Å². The second kappa shape index (κ2) is 5.57. The first-order valence-corrected chi connectivity index (χ1v) is 7.14. The molecular formula is C14H26N2O2. The third kappa shape index (κ3) is 2.86. The van der Waals surface area contributed by atoms with Crippen molar-refractivity contribution in [1.29, 1.82) is 0 Å². The molecule has 2 fully saturated rings. The number of hydrogen-bond acceptors (Lipinski definition) is 3. The predicted molar refractivity (Wildman–Crippen MR) is 71.0 cm³/mol. The first kappa shape index (κ1) is 13.8. The van der Waals surface area contributed by atoms with Gasteiger partial charge in [0.2, 0.25) is 5.91 Å². The molecule has 1 saturated heterocycles. The average molecular weight is 254 g/mol. The molecule has 1 heterocycles. The van der Waals surface area contributed by atoms with Gasteiger partial charge in [0, 0.05) is 12.6 Å². The van der Waals surface area contributed by atoms with Gasteiger partial charge in [0.25, 0.3) is 0 Å². The average Bonchev–Trinajstić information content (AvgIpc) is 2.68. The normalized spacial score (nSPS) is 40.7. The molecule has 3 N–H and O–H groups in total. The van der Waals surface area contributed by atoms with Crippen molar-refractivity contribution in [1.82, 2.24) is 5.32 Å². The summed E-state index contributed by atoms with van der Waals surface area (Å²) in [6.07, 6.45) is 5.10. The summed E-state index contributed by atoms with van der Waals surface area (Å²) in [6, 6.07) is -0.178. The molecule has 0 radical (unpaired) electrons. The summed E-state index contributed by atoms with van der Waals surface area (Å²) in [5.41, 5.74) is 5.42. The number of ether oxygens (including phenoxy) is 1. The highest BCUT2D eigenvalue weighted by Gasteiger charge is 2.44. The van der Waals surface area contributed by atoms with E-state index < -0.39 is 5.41 Å². The number of carbonyl (C=O) groups excluding carboxylic acids is 1. The first-order valence-electron chi connectivity index (χ1n) is 7.14. The molecule has 18 heavy (non-hydrogen) atoms. The van der Waals surface area contributed by atoms with Crippen molar-refractivity contribution in [3.63, 3.8) is 0 Å². The summed E-state index contributed by atoms with van der Waals surface area (Å²) in [4.78, 5) is 12.2. The van der Waals surface area contributed by atoms with Crippen molar-refractivity contribution in [2.45, 2.75) is 45.6 Å². The van der Waals surface area contributed by atoms with Crippen LogP contribution >= 0.6 is 0 Å². The zero-order valence-corrected chi connectivity index (χ0v) is 11.6. The molecule has 1 aliphatic carbocycles. The van der Waals surface area contributed by atoms with Crippen LogP contribution in [-0.4, -0.2) is 31.7 Å². The Morgan fingerprint density at radius 1 is 1.50 bits per heavy atom. The molecular weight excluding hydrogens is 228 g/mol. The number of rotatable bonds is 3. The Morgan fingerprint density at radius 2 is 2.28 bits per heavy atom. The van der Waals surface area contributed by atoms with Crippen LogP contribution in [0.15, 0.2) is 0 Å².